The highest BCUT2D eigenvalue weighted by molar-refractivity contribution is 6.31. The van der Waals surface area contributed by atoms with Crippen molar-refractivity contribution in [3.63, 3.8) is 0 Å². The molecule has 1 amide bonds. The van der Waals surface area contributed by atoms with Crippen LogP contribution in [0.5, 0.6) is 0 Å². The van der Waals surface area contributed by atoms with Crippen LogP contribution in [0.2, 0.25) is 5.02 Å². The lowest BCUT2D eigenvalue weighted by Gasteiger charge is -2.28. The van der Waals surface area contributed by atoms with Crippen LogP contribution in [0.15, 0.2) is 54.6 Å². The van der Waals surface area contributed by atoms with Gasteiger partial charge in [-0.3, -0.25) is 4.79 Å². The van der Waals surface area contributed by atoms with Crippen LogP contribution in [0.4, 0.5) is 5.69 Å². The van der Waals surface area contributed by atoms with Crippen LogP contribution in [0.1, 0.15) is 18.4 Å². The van der Waals surface area contributed by atoms with Crippen LogP contribution in [-0.2, 0) is 11.3 Å². The highest BCUT2D eigenvalue weighted by atomic mass is 35.5. The molecule has 120 valence electrons. The van der Waals surface area contributed by atoms with Gasteiger partial charge in [-0.25, -0.2) is 0 Å². The molecule has 0 aliphatic carbocycles. The number of hydrogen-bond donors (Lipinski definition) is 2. The van der Waals surface area contributed by atoms with Gasteiger partial charge in [-0.2, -0.15) is 0 Å². The summed E-state index contributed by atoms with van der Waals surface area (Å²) in [6.07, 6.45) is 1.86. The fraction of sp³-hybridized carbons (Fsp3) is 0.316. The highest BCUT2D eigenvalue weighted by Crippen LogP contribution is 2.16. The Morgan fingerprint density at radius 1 is 1.04 bits per heavy atom. The van der Waals surface area contributed by atoms with E-state index >= 15 is 0 Å². The molecule has 4 heteroatoms. The second-order valence-corrected chi connectivity index (χ2v) is 6.55. The highest BCUT2D eigenvalue weighted by Gasteiger charge is 2.27. The predicted molar refractivity (Wildman–Crippen MR) is 93.6 cm³/mol. The predicted octanol–water partition coefficient (Wildman–Crippen LogP) is 2.77. The minimum Gasteiger partial charge on any atom is -0.331 e. The zero-order chi connectivity index (χ0) is 16.1. The Kier molecular flexibility index (Phi) is 5.31. The minimum absolute atomic E-state index is 0.116. The zero-order valence-electron chi connectivity index (χ0n) is 13.1. The molecule has 2 aromatic rings. The maximum atomic E-state index is 12.3. The van der Waals surface area contributed by atoms with Crippen LogP contribution < -0.4 is 10.2 Å². The van der Waals surface area contributed by atoms with Crippen molar-refractivity contribution in [2.75, 3.05) is 18.4 Å². The summed E-state index contributed by atoms with van der Waals surface area (Å²) in [7, 11) is 0. The number of piperidine rings is 1. The maximum absolute atomic E-state index is 12.3. The van der Waals surface area contributed by atoms with E-state index in [1.165, 1.54) is 10.5 Å². The van der Waals surface area contributed by atoms with Crippen LogP contribution in [0, 0.1) is 5.92 Å². The number of halogens is 1. The number of carbonyl (C=O) groups is 1. The second-order valence-electron chi connectivity index (χ2n) is 6.15. The van der Waals surface area contributed by atoms with Crippen molar-refractivity contribution >= 4 is 23.2 Å². The lowest BCUT2D eigenvalue weighted by atomic mass is 9.95. The van der Waals surface area contributed by atoms with Crippen LogP contribution in [0.25, 0.3) is 0 Å². The van der Waals surface area contributed by atoms with E-state index in [0.29, 0.717) is 0 Å². The molecule has 0 bridgehead atoms. The van der Waals surface area contributed by atoms with Crippen molar-refractivity contribution in [3.8, 4) is 0 Å². The summed E-state index contributed by atoms with van der Waals surface area (Å²) in [4.78, 5) is 13.8. The number of carbonyl (C=O) groups excluding carboxylic acids is 1. The van der Waals surface area contributed by atoms with E-state index < -0.39 is 0 Å². The van der Waals surface area contributed by atoms with Gasteiger partial charge in [0.05, 0.1) is 13.1 Å². The molecule has 23 heavy (non-hydrogen) atoms. The molecular formula is C19H22ClN2O+. The largest absolute Gasteiger partial charge is 0.331 e. The number of anilines is 1. The van der Waals surface area contributed by atoms with Crippen molar-refractivity contribution in [3.05, 3.63) is 65.2 Å². The third kappa shape index (κ3) is 4.34. The molecule has 3 nitrogen and oxygen atoms in total. The Hall–Kier alpha value is -1.84. The van der Waals surface area contributed by atoms with E-state index in [0.717, 1.165) is 43.2 Å². The Labute approximate surface area is 142 Å². The van der Waals surface area contributed by atoms with Gasteiger partial charge in [0.1, 0.15) is 6.54 Å². The summed E-state index contributed by atoms with van der Waals surface area (Å²) in [5.41, 5.74) is 2.07. The summed E-state index contributed by atoms with van der Waals surface area (Å²) in [6, 6.07) is 17.7. The van der Waals surface area contributed by atoms with Gasteiger partial charge >= 0.3 is 0 Å². The number of rotatable bonds is 4. The van der Waals surface area contributed by atoms with E-state index in [-0.39, 0.29) is 11.8 Å². The average molecular weight is 330 g/mol. The first kappa shape index (κ1) is 16.0. The van der Waals surface area contributed by atoms with Crippen molar-refractivity contribution < 1.29 is 9.69 Å². The first-order valence-electron chi connectivity index (χ1n) is 8.15. The first-order valence-corrected chi connectivity index (χ1v) is 8.53. The molecular weight excluding hydrogens is 308 g/mol. The number of quaternary nitrogens is 1. The first-order chi connectivity index (χ1) is 11.2. The SMILES string of the molecule is O=C(Nc1ccccc1)C1CC[NH+](Cc2ccccc2Cl)CC1. The summed E-state index contributed by atoms with van der Waals surface area (Å²) < 4.78 is 0. The molecule has 0 unspecified atom stereocenters. The minimum atomic E-state index is 0.116. The van der Waals surface area contributed by atoms with E-state index in [2.05, 4.69) is 11.4 Å². The Balaban J connectivity index is 1.50. The van der Waals surface area contributed by atoms with Crippen molar-refractivity contribution in [1.29, 1.82) is 0 Å². The third-order valence-electron chi connectivity index (χ3n) is 4.50. The number of amides is 1. The smallest absolute Gasteiger partial charge is 0.227 e. The van der Waals surface area contributed by atoms with Gasteiger partial charge in [-0.15, -0.1) is 0 Å². The van der Waals surface area contributed by atoms with E-state index in [1.54, 1.807) is 0 Å². The van der Waals surface area contributed by atoms with E-state index in [4.69, 9.17) is 11.6 Å². The molecule has 3 rings (SSSR count). The molecule has 1 heterocycles. The number of nitrogens with one attached hydrogen (secondary N) is 2. The van der Waals surface area contributed by atoms with E-state index in [9.17, 15) is 4.79 Å². The Morgan fingerprint density at radius 3 is 2.39 bits per heavy atom. The number of hydrogen-bond acceptors (Lipinski definition) is 1. The van der Waals surface area contributed by atoms with Crippen LogP contribution in [-0.4, -0.2) is 19.0 Å². The fourth-order valence-electron chi connectivity index (χ4n) is 3.14. The summed E-state index contributed by atoms with van der Waals surface area (Å²) in [6.45, 7) is 2.96. The Bertz CT molecular complexity index is 651. The molecule has 2 aromatic carbocycles. The molecule has 0 aromatic heterocycles. The molecule has 1 aliphatic rings. The van der Waals surface area contributed by atoms with Crippen LogP contribution >= 0.6 is 11.6 Å². The van der Waals surface area contributed by atoms with Crippen molar-refractivity contribution in [2.24, 2.45) is 5.92 Å². The van der Waals surface area contributed by atoms with Crippen molar-refractivity contribution in [2.45, 2.75) is 19.4 Å². The third-order valence-corrected chi connectivity index (χ3v) is 4.87. The number of benzene rings is 2. The van der Waals surface area contributed by atoms with Crippen LogP contribution in [0.3, 0.4) is 0 Å². The number of para-hydroxylation sites is 1. The molecule has 0 radical (unpaired) electrons. The lowest BCUT2D eigenvalue weighted by Crippen LogP contribution is -3.11. The van der Waals surface area contributed by atoms with Gasteiger partial charge in [-0.05, 0) is 18.2 Å². The van der Waals surface area contributed by atoms with Gasteiger partial charge in [0.2, 0.25) is 5.91 Å². The second kappa shape index (κ2) is 7.62. The molecule has 1 fully saturated rings. The van der Waals surface area contributed by atoms with Gasteiger partial charge in [0.25, 0.3) is 0 Å². The average Bonchev–Trinajstić information content (AvgIpc) is 2.58. The van der Waals surface area contributed by atoms with E-state index in [1.807, 2.05) is 48.5 Å². The van der Waals surface area contributed by atoms with Crippen molar-refractivity contribution in [1.82, 2.24) is 0 Å². The molecule has 1 saturated heterocycles. The monoisotopic (exact) mass is 329 g/mol. The summed E-state index contributed by atoms with van der Waals surface area (Å²) >= 11 is 6.24. The summed E-state index contributed by atoms with van der Waals surface area (Å²) in [5.74, 6) is 0.262. The van der Waals surface area contributed by atoms with Gasteiger partial charge < -0.3 is 10.2 Å². The summed E-state index contributed by atoms with van der Waals surface area (Å²) in [5, 5.41) is 3.85. The normalized spacial score (nSPS) is 20.9. The maximum Gasteiger partial charge on any atom is 0.227 e. The van der Waals surface area contributed by atoms with Gasteiger partial charge in [0.15, 0.2) is 0 Å². The molecule has 1 aliphatic heterocycles. The Morgan fingerprint density at radius 2 is 1.70 bits per heavy atom. The topological polar surface area (TPSA) is 33.5 Å². The zero-order valence-corrected chi connectivity index (χ0v) is 13.9. The standard InChI is InChI=1S/C19H21ClN2O/c20-18-9-5-4-6-16(18)14-22-12-10-15(11-13-22)19(23)21-17-7-2-1-3-8-17/h1-9,15H,10-14H2,(H,21,23)/p+1. The molecule has 0 saturated carbocycles. The number of likely N-dealkylation sites (tertiary alicyclic amines) is 1. The fourth-order valence-corrected chi connectivity index (χ4v) is 3.34. The lowest BCUT2D eigenvalue weighted by molar-refractivity contribution is -0.919. The van der Waals surface area contributed by atoms with Gasteiger partial charge in [0, 0.05) is 35.0 Å². The molecule has 0 atom stereocenters. The molecule has 2 N–H and O–H groups in total. The molecule has 0 spiro atoms. The quantitative estimate of drug-likeness (QED) is 0.888. The van der Waals surface area contributed by atoms with Gasteiger partial charge in [-0.1, -0.05) is 48.0 Å².